The Morgan fingerprint density at radius 1 is 1.55 bits per heavy atom. The molecule has 1 aliphatic rings. The molecule has 1 amide bonds. The van der Waals surface area contributed by atoms with Crippen molar-refractivity contribution < 1.29 is 4.79 Å². The monoisotopic (exact) mass is 295 g/mol. The van der Waals surface area contributed by atoms with Crippen molar-refractivity contribution >= 4 is 17.2 Å². The van der Waals surface area contributed by atoms with Crippen LogP contribution in [0.15, 0.2) is 5.38 Å². The van der Waals surface area contributed by atoms with Crippen LogP contribution in [0.3, 0.4) is 0 Å². The van der Waals surface area contributed by atoms with Gasteiger partial charge in [-0.05, 0) is 25.2 Å². The van der Waals surface area contributed by atoms with E-state index in [0.29, 0.717) is 17.7 Å². The second-order valence-corrected chi connectivity index (χ2v) is 6.70. The highest BCUT2D eigenvalue weighted by atomic mass is 32.1. The average molecular weight is 295 g/mol. The summed E-state index contributed by atoms with van der Waals surface area (Å²) in [5.74, 6) is 0.517. The zero-order chi connectivity index (χ0) is 14.5. The molecule has 3 unspecified atom stereocenters. The number of carbonyl (C=O) groups excluding carboxylic acids is 1. The first-order chi connectivity index (χ1) is 9.61. The molecular formula is C15H25N3OS. The minimum absolute atomic E-state index is 0.0415. The first-order valence-electron chi connectivity index (χ1n) is 7.63. The summed E-state index contributed by atoms with van der Waals surface area (Å²) >= 11 is 1.49. The molecule has 20 heavy (non-hydrogen) atoms. The number of nitrogens with one attached hydrogen (secondary N) is 1. The third-order valence-electron chi connectivity index (χ3n) is 4.10. The van der Waals surface area contributed by atoms with E-state index in [1.165, 1.54) is 30.6 Å². The van der Waals surface area contributed by atoms with Crippen LogP contribution in [0.25, 0.3) is 0 Å². The number of nitrogens with zero attached hydrogens (tertiary/aromatic N) is 1. The van der Waals surface area contributed by atoms with E-state index in [9.17, 15) is 4.79 Å². The van der Waals surface area contributed by atoms with Gasteiger partial charge in [-0.1, -0.05) is 33.1 Å². The summed E-state index contributed by atoms with van der Waals surface area (Å²) in [6.07, 6.45) is 6.71. The fourth-order valence-electron chi connectivity index (χ4n) is 2.77. The molecule has 0 aromatic carbocycles. The number of aromatic nitrogens is 1. The van der Waals surface area contributed by atoms with E-state index in [-0.39, 0.29) is 11.9 Å². The molecule has 1 saturated carbocycles. The molecule has 1 aliphatic carbocycles. The van der Waals surface area contributed by atoms with E-state index in [2.05, 4.69) is 24.1 Å². The summed E-state index contributed by atoms with van der Waals surface area (Å²) in [6.45, 7) is 4.32. The summed E-state index contributed by atoms with van der Waals surface area (Å²) in [5.41, 5.74) is 6.56. The Morgan fingerprint density at radius 3 is 3.00 bits per heavy atom. The summed E-state index contributed by atoms with van der Waals surface area (Å²) in [4.78, 5) is 16.6. The smallest absolute Gasteiger partial charge is 0.270 e. The number of thiazole rings is 1. The molecule has 4 nitrogen and oxygen atoms in total. The summed E-state index contributed by atoms with van der Waals surface area (Å²) in [7, 11) is 0. The van der Waals surface area contributed by atoms with E-state index in [1.54, 1.807) is 0 Å². The van der Waals surface area contributed by atoms with Crippen LogP contribution in [0.1, 0.15) is 73.9 Å². The molecule has 0 aliphatic heterocycles. The second-order valence-electron chi connectivity index (χ2n) is 5.81. The third kappa shape index (κ3) is 3.79. The Hall–Kier alpha value is -0.940. The number of amides is 1. The van der Waals surface area contributed by atoms with Gasteiger partial charge in [0.2, 0.25) is 0 Å². The van der Waals surface area contributed by atoms with Crippen molar-refractivity contribution in [2.24, 2.45) is 11.7 Å². The first-order valence-corrected chi connectivity index (χ1v) is 8.51. The lowest BCUT2D eigenvalue weighted by atomic mass is 9.86. The summed E-state index contributed by atoms with van der Waals surface area (Å²) in [6, 6.07) is 0.255. The van der Waals surface area contributed by atoms with Gasteiger partial charge in [0.15, 0.2) is 0 Å². The number of rotatable bonds is 5. The Kier molecular flexibility index (Phi) is 5.54. The molecule has 2 rings (SSSR count). The van der Waals surface area contributed by atoms with Crippen LogP contribution in [0.2, 0.25) is 0 Å². The standard InChI is InChI=1S/C15H25N3OS/c1-3-6-11(16)15-18-13(9-20-15)14(19)17-12-8-5-4-7-10(12)2/h9-12H,3-8,16H2,1-2H3,(H,17,19). The molecule has 0 radical (unpaired) electrons. The molecule has 0 bridgehead atoms. The van der Waals surface area contributed by atoms with Crippen molar-refractivity contribution in [3.63, 3.8) is 0 Å². The van der Waals surface area contributed by atoms with Gasteiger partial charge in [0.05, 0.1) is 6.04 Å². The topological polar surface area (TPSA) is 68.0 Å². The molecule has 1 aromatic heterocycles. The normalized spacial score (nSPS) is 24.4. The van der Waals surface area contributed by atoms with E-state index in [1.807, 2.05) is 5.38 Å². The fraction of sp³-hybridized carbons (Fsp3) is 0.733. The minimum atomic E-state index is -0.0463. The van der Waals surface area contributed by atoms with E-state index in [4.69, 9.17) is 5.73 Å². The second kappa shape index (κ2) is 7.18. The highest BCUT2D eigenvalue weighted by Crippen LogP contribution is 2.24. The van der Waals surface area contributed by atoms with Gasteiger partial charge in [-0.15, -0.1) is 11.3 Å². The Bertz CT molecular complexity index is 446. The molecular weight excluding hydrogens is 270 g/mol. The highest BCUT2D eigenvalue weighted by Gasteiger charge is 2.24. The highest BCUT2D eigenvalue weighted by molar-refractivity contribution is 7.09. The van der Waals surface area contributed by atoms with Gasteiger partial charge in [-0.25, -0.2) is 4.98 Å². The maximum atomic E-state index is 12.2. The van der Waals surface area contributed by atoms with Gasteiger partial charge in [-0.2, -0.15) is 0 Å². The van der Waals surface area contributed by atoms with Crippen LogP contribution in [0.5, 0.6) is 0 Å². The molecule has 0 saturated heterocycles. The van der Waals surface area contributed by atoms with Gasteiger partial charge in [0, 0.05) is 11.4 Å². The third-order valence-corrected chi connectivity index (χ3v) is 5.08. The number of hydrogen-bond acceptors (Lipinski definition) is 4. The molecule has 1 aromatic rings. The number of nitrogens with two attached hydrogens (primary N) is 1. The quantitative estimate of drug-likeness (QED) is 0.876. The SMILES string of the molecule is CCCC(N)c1nc(C(=O)NC2CCCCC2C)cs1. The van der Waals surface area contributed by atoms with Crippen molar-refractivity contribution in [3.05, 3.63) is 16.1 Å². The zero-order valence-electron chi connectivity index (χ0n) is 12.4. The van der Waals surface area contributed by atoms with Crippen molar-refractivity contribution in [1.29, 1.82) is 0 Å². The average Bonchev–Trinajstić information content (AvgIpc) is 2.91. The number of carbonyl (C=O) groups is 1. The van der Waals surface area contributed by atoms with Gasteiger partial charge in [-0.3, -0.25) is 4.79 Å². The molecule has 5 heteroatoms. The molecule has 112 valence electrons. The Balaban J connectivity index is 1.95. The summed E-state index contributed by atoms with van der Waals surface area (Å²) in [5, 5.41) is 5.83. The maximum Gasteiger partial charge on any atom is 0.270 e. The van der Waals surface area contributed by atoms with Crippen LogP contribution < -0.4 is 11.1 Å². The van der Waals surface area contributed by atoms with Crippen LogP contribution in [0.4, 0.5) is 0 Å². The predicted octanol–water partition coefficient (Wildman–Crippen LogP) is 3.25. The van der Waals surface area contributed by atoms with Crippen LogP contribution in [-0.4, -0.2) is 16.9 Å². The minimum Gasteiger partial charge on any atom is -0.348 e. The maximum absolute atomic E-state index is 12.2. The zero-order valence-corrected chi connectivity index (χ0v) is 13.2. The Morgan fingerprint density at radius 2 is 2.30 bits per heavy atom. The van der Waals surface area contributed by atoms with Crippen LogP contribution in [-0.2, 0) is 0 Å². The van der Waals surface area contributed by atoms with Gasteiger partial charge >= 0.3 is 0 Å². The van der Waals surface area contributed by atoms with E-state index >= 15 is 0 Å². The van der Waals surface area contributed by atoms with Gasteiger partial charge in [0.1, 0.15) is 10.7 Å². The first kappa shape index (κ1) is 15.4. The van der Waals surface area contributed by atoms with E-state index in [0.717, 1.165) is 24.3 Å². The van der Waals surface area contributed by atoms with Crippen LogP contribution in [0, 0.1) is 5.92 Å². The lowest BCUT2D eigenvalue weighted by molar-refractivity contribution is 0.0905. The van der Waals surface area contributed by atoms with Crippen molar-refractivity contribution in [2.45, 2.75) is 64.5 Å². The summed E-state index contributed by atoms with van der Waals surface area (Å²) < 4.78 is 0. The molecule has 1 fully saturated rings. The predicted molar refractivity (Wildman–Crippen MR) is 82.8 cm³/mol. The van der Waals surface area contributed by atoms with Gasteiger partial charge < -0.3 is 11.1 Å². The lowest BCUT2D eigenvalue weighted by Crippen LogP contribution is -2.41. The largest absolute Gasteiger partial charge is 0.348 e. The van der Waals surface area contributed by atoms with Crippen molar-refractivity contribution in [1.82, 2.24) is 10.3 Å². The van der Waals surface area contributed by atoms with Crippen molar-refractivity contribution in [2.75, 3.05) is 0 Å². The fourth-order valence-corrected chi connectivity index (χ4v) is 3.61. The molecule has 1 heterocycles. The lowest BCUT2D eigenvalue weighted by Gasteiger charge is -2.29. The molecule has 3 atom stereocenters. The van der Waals surface area contributed by atoms with Crippen molar-refractivity contribution in [3.8, 4) is 0 Å². The van der Waals surface area contributed by atoms with Crippen LogP contribution >= 0.6 is 11.3 Å². The Labute approximate surface area is 125 Å². The number of hydrogen-bond donors (Lipinski definition) is 2. The van der Waals surface area contributed by atoms with E-state index < -0.39 is 0 Å². The molecule has 3 N–H and O–H groups in total. The van der Waals surface area contributed by atoms with Gasteiger partial charge in [0.25, 0.3) is 5.91 Å². The molecule has 0 spiro atoms.